The Balaban J connectivity index is 2.37. The average molecular weight is 214 g/mol. The van der Waals surface area contributed by atoms with Crippen molar-refractivity contribution in [2.45, 2.75) is 38.6 Å². The van der Waals surface area contributed by atoms with Crippen LogP contribution in [0.1, 0.15) is 27.2 Å². The third kappa shape index (κ3) is 3.03. The molecule has 0 aromatic heterocycles. The Hall–Kier alpha value is -0.480. The molecule has 0 fully saturated rings. The van der Waals surface area contributed by atoms with Gasteiger partial charge in [0.2, 0.25) is 0 Å². The van der Waals surface area contributed by atoms with Crippen LogP contribution in [0, 0.1) is 5.92 Å². The maximum absolute atomic E-state index is 11.7. The summed E-state index contributed by atoms with van der Waals surface area (Å²) in [4.78, 5) is 11.7. The minimum atomic E-state index is -0.111. The van der Waals surface area contributed by atoms with Crippen LogP contribution in [0.5, 0.6) is 0 Å². The first-order valence-corrected chi connectivity index (χ1v) is 5.82. The molecule has 0 radical (unpaired) electrons. The lowest BCUT2D eigenvalue weighted by molar-refractivity contribution is -0.119. The number of carbonyl (C=O) groups is 1. The second-order valence-corrected chi connectivity index (χ2v) is 5.02. The molecule has 80 valence electrons. The zero-order valence-electron chi connectivity index (χ0n) is 8.91. The van der Waals surface area contributed by atoms with Gasteiger partial charge in [-0.2, -0.15) is 0 Å². The predicted octanol–water partition coefficient (Wildman–Crippen LogP) is 1.45. The van der Waals surface area contributed by atoms with E-state index in [1.165, 1.54) is 11.8 Å². The molecular weight excluding hydrogens is 196 g/mol. The summed E-state index contributed by atoms with van der Waals surface area (Å²) in [5.74, 6) is 0.559. The molecule has 0 aliphatic carbocycles. The number of nitrogens with two attached hydrogens (primary N) is 1. The largest absolute Gasteiger partial charge is 0.370 e. The fourth-order valence-corrected chi connectivity index (χ4v) is 2.09. The average Bonchev–Trinajstić information content (AvgIpc) is 2.51. The molecule has 1 rings (SSSR count). The van der Waals surface area contributed by atoms with Gasteiger partial charge in [-0.05, 0) is 18.2 Å². The molecule has 0 aromatic carbocycles. The summed E-state index contributed by atoms with van der Waals surface area (Å²) in [6.07, 6.45) is 0.462. The molecule has 3 nitrogen and oxygen atoms in total. The number of nitrogens with one attached hydrogen (secondary N) is 1. The van der Waals surface area contributed by atoms with Gasteiger partial charge in [0.25, 0.3) is 0 Å². The highest BCUT2D eigenvalue weighted by Gasteiger charge is 2.24. The van der Waals surface area contributed by atoms with Gasteiger partial charge in [-0.15, -0.1) is 0 Å². The van der Waals surface area contributed by atoms with Gasteiger partial charge in [0.15, 0.2) is 5.78 Å². The number of thioether (sulfide) groups is 1. The molecule has 0 saturated heterocycles. The van der Waals surface area contributed by atoms with Gasteiger partial charge in [-0.3, -0.25) is 4.79 Å². The molecule has 0 saturated carbocycles. The molecule has 4 heteroatoms. The van der Waals surface area contributed by atoms with Crippen molar-refractivity contribution in [3.63, 3.8) is 0 Å². The lowest BCUT2D eigenvalue weighted by Gasteiger charge is -2.17. The highest BCUT2D eigenvalue weighted by atomic mass is 32.2. The Morgan fingerprint density at radius 3 is 2.79 bits per heavy atom. The maximum Gasteiger partial charge on any atom is 0.167 e. The third-order valence-electron chi connectivity index (χ3n) is 2.33. The van der Waals surface area contributed by atoms with Crippen molar-refractivity contribution < 1.29 is 4.79 Å². The minimum absolute atomic E-state index is 0.0224. The van der Waals surface area contributed by atoms with Crippen molar-refractivity contribution in [3.05, 3.63) is 11.1 Å². The van der Waals surface area contributed by atoms with Gasteiger partial charge >= 0.3 is 0 Å². The molecule has 1 heterocycles. The van der Waals surface area contributed by atoms with Crippen LogP contribution in [-0.2, 0) is 4.79 Å². The second-order valence-electron chi connectivity index (χ2n) is 4.04. The van der Waals surface area contributed by atoms with E-state index in [0.29, 0.717) is 12.3 Å². The van der Waals surface area contributed by atoms with Gasteiger partial charge in [-0.1, -0.05) is 25.6 Å². The second kappa shape index (κ2) is 4.84. The van der Waals surface area contributed by atoms with E-state index < -0.39 is 0 Å². The molecule has 1 aliphatic rings. The van der Waals surface area contributed by atoms with E-state index in [1.54, 1.807) is 0 Å². The quantitative estimate of drug-likeness (QED) is 0.744. The third-order valence-corrected chi connectivity index (χ3v) is 3.47. The first-order chi connectivity index (χ1) is 6.50. The summed E-state index contributed by atoms with van der Waals surface area (Å²) < 4.78 is 0. The standard InChI is InChI=1S/C10H18N2OS/c1-6(2)8(11)4-9(13)10-12-7(3)5-14-10/h5-6,8,10,12H,4,11H2,1-3H3. The van der Waals surface area contributed by atoms with Crippen molar-refractivity contribution in [1.29, 1.82) is 0 Å². The van der Waals surface area contributed by atoms with Crippen molar-refractivity contribution in [2.75, 3.05) is 0 Å². The lowest BCUT2D eigenvalue weighted by Crippen LogP contribution is -2.36. The van der Waals surface area contributed by atoms with Gasteiger partial charge in [-0.25, -0.2) is 0 Å². The number of ketones is 1. The summed E-state index contributed by atoms with van der Waals surface area (Å²) in [5.41, 5.74) is 6.91. The number of hydrogen-bond donors (Lipinski definition) is 2. The van der Waals surface area contributed by atoms with Crippen molar-refractivity contribution >= 4 is 17.5 Å². The zero-order valence-corrected chi connectivity index (χ0v) is 9.73. The smallest absolute Gasteiger partial charge is 0.167 e. The van der Waals surface area contributed by atoms with Crippen LogP contribution in [-0.4, -0.2) is 17.2 Å². The number of rotatable bonds is 4. The number of carbonyl (C=O) groups excluding carboxylic acids is 1. The van der Waals surface area contributed by atoms with E-state index in [2.05, 4.69) is 5.32 Å². The van der Waals surface area contributed by atoms with Crippen LogP contribution in [0.4, 0.5) is 0 Å². The summed E-state index contributed by atoms with van der Waals surface area (Å²) in [5, 5.41) is 4.98. The van der Waals surface area contributed by atoms with Gasteiger partial charge in [0.05, 0.1) is 0 Å². The van der Waals surface area contributed by atoms with E-state index >= 15 is 0 Å². The SMILES string of the molecule is CC1=CSC(C(=O)CC(N)C(C)C)N1. The van der Waals surface area contributed by atoms with E-state index in [9.17, 15) is 4.79 Å². The Labute approximate surface area is 89.5 Å². The predicted molar refractivity (Wildman–Crippen MR) is 60.7 cm³/mol. The molecule has 3 N–H and O–H groups in total. The monoisotopic (exact) mass is 214 g/mol. The number of allylic oxidation sites excluding steroid dienone is 1. The molecule has 0 amide bonds. The highest BCUT2D eigenvalue weighted by molar-refractivity contribution is 8.03. The molecular formula is C10H18N2OS. The molecule has 2 unspecified atom stereocenters. The molecule has 0 bridgehead atoms. The van der Waals surface area contributed by atoms with Gasteiger partial charge < -0.3 is 11.1 Å². The van der Waals surface area contributed by atoms with E-state index in [-0.39, 0.29) is 17.2 Å². The number of hydrogen-bond acceptors (Lipinski definition) is 4. The Morgan fingerprint density at radius 1 is 1.71 bits per heavy atom. The van der Waals surface area contributed by atoms with Crippen molar-refractivity contribution in [2.24, 2.45) is 11.7 Å². The first-order valence-electron chi connectivity index (χ1n) is 4.87. The van der Waals surface area contributed by atoms with Crippen molar-refractivity contribution in [1.82, 2.24) is 5.32 Å². The van der Waals surface area contributed by atoms with Crippen LogP contribution in [0.15, 0.2) is 11.1 Å². The van der Waals surface area contributed by atoms with Crippen LogP contribution < -0.4 is 11.1 Å². The Bertz CT molecular complexity index is 251. The summed E-state index contributed by atoms with van der Waals surface area (Å²) in [6.45, 7) is 6.04. The normalized spacial score (nSPS) is 23.2. The van der Waals surface area contributed by atoms with Crippen molar-refractivity contribution in [3.8, 4) is 0 Å². The summed E-state index contributed by atoms with van der Waals surface area (Å²) >= 11 is 1.53. The van der Waals surface area contributed by atoms with E-state index in [0.717, 1.165) is 5.70 Å². The Kier molecular flexibility index (Phi) is 4.01. The minimum Gasteiger partial charge on any atom is -0.370 e. The highest BCUT2D eigenvalue weighted by Crippen LogP contribution is 2.22. The molecule has 2 atom stereocenters. The fourth-order valence-electron chi connectivity index (χ4n) is 1.18. The van der Waals surface area contributed by atoms with Crippen LogP contribution in [0.25, 0.3) is 0 Å². The van der Waals surface area contributed by atoms with E-state index in [1.807, 2.05) is 26.2 Å². The van der Waals surface area contributed by atoms with Crippen LogP contribution >= 0.6 is 11.8 Å². The molecule has 0 spiro atoms. The zero-order chi connectivity index (χ0) is 10.7. The van der Waals surface area contributed by atoms with Crippen LogP contribution in [0.2, 0.25) is 0 Å². The topological polar surface area (TPSA) is 55.1 Å². The maximum atomic E-state index is 11.7. The van der Waals surface area contributed by atoms with Crippen LogP contribution in [0.3, 0.4) is 0 Å². The summed E-state index contributed by atoms with van der Waals surface area (Å²) in [7, 11) is 0. The lowest BCUT2D eigenvalue weighted by atomic mass is 10.00. The van der Waals surface area contributed by atoms with E-state index in [4.69, 9.17) is 5.73 Å². The molecule has 1 aliphatic heterocycles. The molecule has 14 heavy (non-hydrogen) atoms. The van der Waals surface area contributed by atoms with Gasteiger partial charge in [0.1, 0.15) is 5.37 Å². The first kappa shape index (κ1) is 11.6. The molecule has 0 aromatic rings. The van der Waals surface area contributed by atoms with Gasteiger partial charge in [0, 0.05) is 18.2 Å². The summed E-state index contributed by atoms with van der Waals surface area (Å²) in [6, 6.07) is -0.0224. The fraction of sp³-hybridized carbons (Fsp3) is 0.700. The number of Topliss-reactive ketones (excluding diaryl/α,β-unsaturated/α-hetero) is 1. The Morgan fingerprint density at radius 2 is 2.36 bits per heavy atom.